The van der Waals surface area contributed by atoms with Crippen LogP contribution in [0.2, 0.25) is 0 Å². The Labute approximate surface area is 209 Å². The number of nitrogens with zero attached hydrogens (tertiary/aromatic N) is 3. The Morgan fingerprint density at radius 2 is 1.94 bits per heavy atom. The SMILES string of the molecule is CC(C)Oc1ccc(Nc2nc(=O)n(CCC(=O)O)c(=O)n2CC2(C)C[C@@H]3CCC[C@@H](C3)C2)cc1F. The quantitative estimate of drug-likeness (QED) is 0.529. The van der Waals surface area contributed by atoms with Crippen LogP contribution in [0.1, 0.15) is 65.7 Å². The molecule has 2 aromatic rings. The number of aliphatic carboxylic acids is 1. The molecular weight excluding hydrogens is 467 g/mol. The van der Waals surface area contributed by atoms with Crippen LogP contribution in [0.4, 0.5) is 16.0 Å². The standard InChI is InChI=1S/C26H35FN4O5/c1-16(2)36-21-8-7-19(12-20(21)27)28-23-29-24(34)30(10-9-22(32)33)25(35)31(23)15-26(3)13-17-5-4-6-18(11-17)14-26/h7-8,12,16-18H,4-6,9-11,13-15H2,1-3H3,(H,32,33)(H,28,29,34)/t17-,18+,26?. The van der Waals surface area contributed by atoms with Gasteiger partial charge in [0.1, 0.15) is 0 Å². The number of halogens is 1. The van der Waals surface area contributed by atoms with Crippen molar-refractivity contribution in [3.8, 4) is 5.75 Å². The van der Waals surface area contributed by atoms with E-state index in [1.807, 2.05) is 0 Å². The van der Waals surface area contributed by atoms with Gasteiger partial charge < -0.3 is 15.2 Å². The molecule has 0 saturated heterocycles. The molecule has 1 heterocycles. The van der Waals surface area contributed by atoms with Gasteiger partial charge in [-0.1, -0.05) is 26.2 Å². The van der Waals surface area contributed by atoms with Gasteiger partial charge in [-0.15, -0.1) is 0 Å². The lowest BCUT2D eigenvalue weighted by Crippen LogP contribution is -2.46. The number of carboxylic acids is 1. The third kappa shape index (κ3) is 5.96. The third-order valence-corrected chi connectivity index (χ3v) is 7.24. The van der Waals surface area contributed by atoms with Gasteiger partial charge in [0.05, 0.1) is 12.5 Å². The molecule has 2 saturated carbocycles. The van der Waals surface area contributed by atoms with Crippen LogP contribution >= 0.6 is 0 Å². The number of hydrogen-bond acceptors (Lipinski definition) is 6. The van der Waals surface area contributed by atoms with Gasteiger partial charge in [-0.25, -0.2) is 18.5 Å². The zero-order chi connectivity index (χ0) is 26.0. The minimum absolute atomic E-state index is 0.0189. The van der Waals surface area contributed by atoms with Crippen LogP contribution in [0.5, 0.6) is 5.75 Å². The zero-order valence-corrected chi connectivity index (χ0v) is 21.1. The molecule has 3 atom stereocenters. The van der Waals surface area contributed by atoms with Crippen LogP contribution < -0.4 is 21.4 Å². The van der Waals surface area contributed by atoms with Crippen molar-refractivity contribution in [1.82, 2.24) is 14.1 Å². The van der Waals surface area contributed by atoms with Crippen molar-refractivity contribution >= 4 is 17.6 Å². The second kappa shape index (κ2) is 10.4. The molecule has 1 aromatic heterocycles. The van der Waals surface area contributed by atoms with Crippen LogP contribution in [0.3, 0.4) is 0 Å². The summed E-state index contributed by atoms with van der Waals surface area (Å²) in [5.41, 5.74) is -1.31. The number of nitrogens with one attached hydrogen (secondary N) is 1. The van der Waals surface area contributed by atoms with E-state index < -0.39 is 23.2 Å². The lowest BCUT2D eigenvalue weighted by atomic mass is 9.61. The highest BCUT2D eigenvalue weighted by atomic mass is 19.1. The molecule has 2 aliphatic carbocycles. The van der Waals surface area contributed by atoms with Crippen molar-refractivity contribution in [3.05, 3.63) is 45.0 Å². The summed E-state index contributed by atoms with van der Waals surface area (Å²) in [5.74, 6) is -0.339. The smallest absolute Gasteiger partial charge is 0.354 e. The van der Waals surface area contributed by atoms with Gasteiger partial charge in [-0.2, -0.15) is 4.98 Å². The topological polar surface area (TPSA) is 115 Å². The number of ether oxygens (including phenoxy) is 1. The molecule has 2 aliphatic rings. The van der Waals surface area contributed by atoms with Crippen molar-refractivity contribution < 1.29 is 19.0 Å². The third-order valence-electron chi connectivity index (χ3n) is 7.24. The van der Waals surface area contributed by atoms with E-state index in [9.17, 15) is 18.8 Å². The molecule has 0 spiro atoms. The van der Waals surface area contributed by atoms with E-state index in [4.69, 9.17) is 9.84 Å². The number of aromatic nitrogens is 3. The lowest BCUT2D eigenvalue weighted by molar-refractivity contribution is -0.137. The average Bonchev–Trinajstić information content (AvgIpc) is 2.77. The van der Waals surface area contributed by atoms with Crippen LogP contribution in [0.25, 0.3) is 0 Å². The van der Waals surface area contributed by atoms with Gasteiger partial charge >= 0.3 is 17.3 Å². The number of rotatable bonds is 9. The summed E-state index contributed by atoms with van der Waals surface area (Å²) >= 11 is 0. The maximum atomic E-state index is 14.6. The van der Waals surface area contributed by atoms with Gasteiger partial charge in [-0.3, -0.25) is 9.36 Å². The Kier molecular flexibility index (Phi) is 7.51. The lowest BCUT2D eigenvalue weighted by Gasteiger charge is -2.45. The van der Waals surface area contributed by atoms with Crippen molar-refractivity contribution in [3.63, 3.8) is 0 Å². The summed E-state index contributed by atoms with van der Waals surface area (Å²) < 4.78 is 22.3. The van der Waals surface area contributed by atoms with E-state index in [1.165, 1.54) is 42.4 Å². The van der Waals surface area contributed by atoms with Crippen LogP contribution in [-0.2, 0) is 17.9 Å². The second-order valence-electron chi connectivity index (χ2n) is 10.9. The molecule has 0 aliphatic heterocycles. The minimum Gasteiger partial charge on any atom is -0.488 e. The Bertz CT molecular complexity index is 1230. The number of carbonyl (C=O) groups is 1. The summed E-state index contributed by atoms with van der Waals surface area (Å²) in [6.45, 7) is 5.83. The molecule has 36 heavy (non-hydrogen) atoms. The number of carboxylic acid groups (broad SMARTS) is 1. The van der Waals surface area contributed by atoms with E-state index >= 15 is 0 Å². The van der Waals surface area contributed by atoms with Crippen molar-refractivity contribution in [2.24, 2.45) is 17.3 Å². The first kappa shape index (κ1) is 25.9. The molecule has 2 bridgehead atoms. The average molecular weight is 503 g/mol. The number of benzene rings is 1. The first-order valence-corrected chi connectivity index (χ1v) is 12.7. The molecule has 0 amide bonds. The van der Waals surface area contributed by atoms with Gasteiger partial charge in [0.2, 0.25) is 5.95 Å². The van der Waals surface area contributed by atoms with Crippen molar-refractivity contribution in [2.45, 2.75) is 84.9 Å². The molecule has 1 unspecified atom stereocenters. The molecular formula is C26H35FN4O5. The zero-order valence-electron chi connectivity index (χ0n) is 21.1. The first-order chi connectivity index (χ1) is 17.0. The fourth-order valence-corrected chi connectivity index (χ4v) is 5.98. The number of fused-ring (bicyclic) bond motifs is 2. The fraction of sp³-hybridized carbons (Fsp3) is 0.615. The Hall–Kier alpha value is -3.17. The minimum atomic E-state index is -1.11. The Balaban J connectivity index is 1.70. The highest BCUT2D eigenvalue weighted by Crippen LogP contribution is 2.49. The maximum Gasteiger partial charge on any atom is 0.354 e. The summed E-state index contributed by atoms with van der Waals surface area (Å²) in [6.07, 6.45) is 6.21. The summed E-state index contributed by atoms with van der Waals surface area (Å²) in [6, 6.07) is 4.31. The highest BCUT2D eigenvalue weighted by Gasteiger charge is 2.40. The van der Waals surface area contributed by atoms with Gasteiger partial charge in [0.25, 0.3) is 0 Å². The van der Waals surface area contributed by atoms with Crippen molar-refractivity contribution in [2.75, 3.05) is 5.32 Å². The van der Waals surface area contributed by atoms with E-state index in [2.05, 4.69) is 17.2 Å². The molecule has 4 rings (SSSR count). The van der Waals surface area contributed by atoms with Gasteiger partial charge in [0, 0.05) is 24.8 Å². The van der Waals surface area contributed by atoms with Gasteiger partial charge in [-0.05, 0) is 62.5 Å². The van der Waals surface area contributed by atoms with Gasteiger partial charge in [0.15, 0.2) is 11.6 Å². The molecule has 2 N–H and O–H groups in total. The van der Waals surface area contributed by atoms with Crippen molar-refractivity contribution in [1.29, 1.82) is 0 Å². The molecule has 10 heteroatoms. The Morgan fingerprint density at radius 3 is 2.56 bits per heavy atom. The molecule has 0 radical (unpaired) electrons. The van der Waals surface area contributed by atoms with Crippen LogP contribution in [-0.4, -0.2) is 31.3 Å². The number of anilines is 2. The summed E-state index contributed by atoms with van der Waals surface area (Å²) in [5, 5.41) is 12.0. The predicted molar refractivity (Wildman–Crippen MR) is 133 cm³/mol. The molecule has 1 aromatic carbocycles. The monoisotopic (exact) mass is 502 g/mol. The molecule has 2 fully saturated rings. The van der Waals surface area contributed by atoms with E-state index in [0.717, 1.165) is 17.4 Å². The largest absolute Gasteiger partial charge is 0.488 e. The number of hydrogen-bond donors (Lipinski definition) is 2. The highest BCUT2D eigenvalue weighted by molar-refractivity contribution is 5.66. The molecule has 196 valence electrons. The predicted octanol–water partition coefficient (Wildman–Crippen LogP) is 4.16. The summed E-state index contributed by atoms with van der Waals surface area (Å²) in [4.78, 5) is 41.4. The fourth-order valence-electron chi connectivity index (χ4n) is 5.98. The van der Waals surface area contributed by atoms with E-state index in [-0.39, 0.29) is 36.2 Å². The van der Waals surface area contributed by atoms with Crippen LogP contribution in [0.15, 0.2) is 27.8 Å². The Morgan fingerprint density at radius 1 is 1.25 bits per heavy atom. The van der Waals surface area contributed by atoms with E-state index in [0.29, 0.717) is 24.1 Å². The summed E-state index contributed by atoms with van der Waals surface area (Å²) in [7, 11) is 0. The maximum absolute atomic E-state index is 14.6. The normalized spacial score (nSPS) is 23.5. The molecule has 9 nitrogen and oxygen atoms in total. The first-order valence-electron chi connectivity index (χ1n) is 12.7. The second-order valence-corrected chi connectivity index (χ2v) is 10.9. The van der Waals surface area contributed by atoms with E-state index in [1.54, 1.807) is 19.9 Å². The van der Waals surface area contributed by atoms with Crippen LogP contribution in [0, 0.1) is 23.1 Å².